The number of sulfonamides is 1. The summed E-state index contributed by atoms with van der Waals surface area (Å²) in [4.78, 5) is 12.1. The lowest BCUT2D eigenvalue weighted by Crippen LogP contribution is -2.26. The van der Waals surface area contributed by atoms with Crippen LogP contribution in [0.1, 0.15) is 12.0 Å². The number of carbonyl (C=O) groups is 1. The summed E-state index contributed by atoms with van der Waals surface area (Å²) in [5, 5.41) is 5.34. The molecule has 0 aliphatic carbocycles. The normalized spacial score (nSPS) is 15.0. The summed E-state index contributed by atoms with van der Waals surface area (Å²) in [7, 11) is -3.84. The Morgan fingerprint density at radius 3 is 2.75 bits per heavy atom. The molecule has 1 aliphatic heterocycles. The minimum atomic E-state index is -3.84. The molecule has 2 N–H and O–H groups in total. The highest BCUT2D eigenvalue weighted by Crippen LogP contribution is 2.27. The van der Waals surface area contributed by atoms with Crippen LogP contribution in [0.15, 0.2) is 51.8 Å². The molecule has 2 aromatic rings. The van der Waals surface area contributed by atoms with Gasteiger partial charge in [0.1, 0.15) is 16.5 Å². The maximum absolute atomic E-state index is 13.5. The average Bonchev–Trinajstić information content (AvgIpc) is 2.50. The molecule has 0 bridgehead atoms. The van der Waals surface area contributed by atoms with Gasteiger partial charge in [-0.3, -0.25) is 4.79 Å². The minimum Gasteiger partial charge on any atom is -0.341 e. The molecule has 24 heavy (non-hydrogen) atoms. The minimum absolute atomic E-state index is 0.0128. The molecule has 0 spiro atoms. The summed E-state index contributed by atoms with van der Waals surface area (Å²) in [5.41, 5.74) is 1.13. The first-order valence-corrected chi connectivity index (χ1v) is 8.55. The van der Waals surface area contributed by atoms with Crippen LogP contribution in [0, 0.1) is 12.7 Å². The van der Waals surface area contributed by atoms with Crippen molar-refractivity contribution in [3.05, 3.63) is 53.8 Å². The van der Waals surface area contributed by atoms with E-state index in [0.717, 1.165) is 0 Å². The molecule has 0 saturated heterocycles. The number of amidine groups is 1. The Bertz CT molecular complexity index is 955. The van der Waals surface area contributed by atoms with Crippen molar-refractivity contribution in [3.8, 4) is 0 Å². The average molecular weight is 347 g/mol. The lowest BCUT2D eigenvalue weighted by Gasteiger charge is -2.17. The zero-order valence-electron chi connectivity index (χ0n) is 12.7. The van der Waals surface area contributed by atoms with Crippen molar-refractivity contribution < 1.29 is 17.6 Å². The molecular formula is C16H14FN3O3S. The van der Waals surface area contributed by atoms with E-state index in [1.807, 2.05) is 0 Å². The number of hydrogen-bond donors (Lipinski definition) is 2. The molecule has 0 fully saturated rings. The van der Waals surface area contributed by atoms with Crippen molar-refractivity contribution in [3.63, 3.8) is 0 Å². The molecule has 0 aromatic heterocycles. The van der Waals surface area contributed by atoms with E-state index in [0.29, 0.717) is 16.9 Å². The molecule has 0 radical (unpaired) electrons. The van der Waals surface area contributed by atoms with E-state index in [-0.39, 0.29) is 17.2 Å². The highest BCUT2D eigenvalue weighted by atomic mass is 32.2. The number of benzene rings is 2. The molecule has 0 unspecified atom stereocenters. The predicted octanol–water partition coefficient (Wildman–Crippen LogP) is 2.68. The zero-order chi connectivity index (χ0) is 17.3. The first-order valence-electron chi connectivity index (χ1n) is 7.11. The second-order valence-electron chi connectivity index (χ2n) is 5.32. The maximum atomic E-state index is 13.5. The lowest BCUT2D eigenvalue weighted by atomic mass is 10.2. The van der Waals surface area contributed by atoms with Crippen LogP contribution in [-0.4, -0.2) is 20.2 Å². The third-order valence-electron chi connectivity index (χ3n) is 3.46. The molecule has 2 aromatic carbocycles. The zero-order valence-corrected chi connectivity index (χ0v) is 13.5. The predicted molar refractivity (Wildman–Crippen MR) is 89.1 cm³/mol. The van der Waals surface area contributed by atoms with E-state index in [4.69, 9.17) is 0 Å². The summed E-state index contributed by atoms with van der Waals surface area (Å²) in [6.45, 7) is 1.61. The Morgan fingerprint density at radius 1 is 1.25 bits per heavy atom. The van der Waals surface area contributed by atoms with E-state index in [2.05, 4.69) is 15.0 Å². The Kier molecular flexibility index (Phi) is 4.06. The van der Waals surface area contributed by atoms with Crippen LogP contribution in [0.5, 0.6) is 0 Å². The Hall–Kier alpha value is -2.74. The summed E-state index contributed by atoms with van der Waals surface area (Å²) in [5.74, 6) is -0.921. The number of aryl methyl sites for hydroxylation is 1. The summed E-state index contributed by atoms with van der Waals surface area (Å²) < 4.78 is 41.3. The number of fused-ring (bicyclic) bond motifs is 1. The van der Waals surface area contributed by atoms with Crippen LogP contribution >= 0.6 is 0 Å². The maximum Gasteiger partial charge on any atom is 0.286 e. The van der Waals surface area contributed by atoms with Crippen LogP contribution in [0.4, 0.5) is 15.8 Å². The number of para-hydroxylation sites is 1. The van der Waals surface area contributed by atoms with Gasteiger partial charge in [0.25, 0.3) is 10.0 Å². The van der Waals surface area contributed by atoms with Crippen molar-refractivity contribution in [2.75, 3.05) is 10.6 Å². The van der Waals surface area contributed by atoms with Gasteiger partial charge in [0.05, 0.1) is 12.1 Å². The van der Waals surface area contributed by atoms with Gasteiger partial charge in [-0.1, -0.05) is 18.2 Å². The van der Waals surface area contributed by atoms with Crippen molar-refractivity contribution in [2.45, 2.75) is 18.2 Å². The van der Waals surface area contributed by atoms with Crippen LogP contribution in [-0.2, 0) is 14.8 Å². The van der Waals surface area contributed by atoms with Crippen LogP contribution in [0.2, 0.25) is 0 Å². The summed E-state index contributed by atoms with van der Waals surface area (Å²) >= 11 is 0. The molecule has 0 atom stereocenters. The van der Waals surface area contributed by atoms with Gasteiger partial charge < -0.3 is 10.6 Å². The molecule has 1 aliphatic rings. The first-order chi connectivity index (χ1) is 11.3. The largest absolute Gasteiger partial charge is 0.341 e. The van der Waals surface area contributed by atoms with Gasteiger partial charge in [0, 0.05) is 5.69 Å². The van der Waals surface area contributed by atoms with Gasteiger partial charge in [0.2, 0.25) is 5.91 Å². The molecular weight excluding hydrogens is 333 g/mol. The van der Waals surface area contributed by atoms with E-state index < -0.39 is 21.7 Å². The second-order valence-corrected chi connectivity index (χ2v) is 6.90. The molecule has 0 saturated carbocycles. The van der Waals surface area contributed by atoms with E-state index >= 15 is 0 Å². The van der Waals surface area contributed by atoms with Gasteiger partial charge in [-0.25, -0.2) is 4.39 Å². The fraction of sp³-hybridized carbons (Fsp3) is 0.125. The Labute approximate surface area is 138 Å². The van der Waals surface area contributed by atoms with Crippen LogP contribution in [0.25, 0.3) is 0 Å². The summed E-state index contributed by atoms with van der Waals surface area (Å²) in [6, 6.07) is 10.6. The van der Waals surface area contributed by atoms with Gasteiger partial charge in [0.15, 0.2) is 0 Å². The van der Waals surface area contributed by atoms with Crippen LogP contribution < -0.4 is 10.6 Å². The van der Waals surface area contributed by atoms with Crippen molar-refractivity contribution >= 4 is 33.1 Å². The lowest BCUT2D eigenvalue weighted by molar-refractivity contribution is -0.115. The molecule has 1 amide bonds. The number of rotatable bonds is 3. The first kappa shape index (κ1) is 16.1. The van der Waals surface area contributed by atoms with Gasteiger partial charge in [-0.15, -0.1) is 4.40 Å². The number of nitrogens with one attached hydrogen (secondary N) is 2. The van der Waals surface area contributed by atoms with Crippen molar-refractivity contribution in [2.24, 2.45) is 4.40 Å². The third kappa shape index (κ3) is 3.28. The molecule has 124 valence electrons. The number of carbonyl (C=O) groups excluding carboxylic acids is 1. The smallest absolute Gasteiger partial charge is 0.286 e. The third-order valence-corrected chi connectivity index (χ3v) is 4.83. The van der Waals surface area contributed by atoms with Crippen molar-refractivity contribution in [1.82, 2.24) is 0 Å². The van der Waals surface area contributed by atoms with E-state index in [1.54, 1.807) is 37.3 Å². The topological polar surface area (TPSA) is 87.6 Å². The number of anilines is 2. The molecule has 1 heterocycles. The Balaban J connectivity index is 1.76. The highest BCUT2D eigenvalue weighted by Gasteiger charge is 2.25. The second kappa shape index (κ2) is 6.04. The fourth-order valence-electron chi connectivity index (χ4n) is 2.27. The SMILES string of the molecule is Cc1ccc(NC(=O)CC2=NS(=O)(=O)c3ccccc3N2)cc1F. The molecule has 8 heteroatoms. The number of nitrogens with zero attached hydrogens (tertiary/aromatic N) is 1. The van der Waals surface area contributed by atoms with E-state index in [9.17, 15) is 17.6 Å². The van der Waals surface area contributed by atoms with Crippen LogP contribution in [0.3, 0.4) is 0 Å². The van der Waals surface area contributed by atoms with Crippen molar-refractivity contribution in [1.29, 1.82) is 0 Å². The van der Waals surface area contributed by atoms with Gasteiger partial charge >= 0.3 is 0 Å². The highest BCUT2D eigenvalue weighted by molar-refractivity contribution is 7.90. The van der Waals surface area contributed by atoms with E-state index in [1.165, 1.54) is 12.1 Å². The number of hydrogen-bond acceptors (Lipinski definition) is 4. The quantitative estimate of drug-likeness (QED) is 0.893. The monoisotopic (exact) mass is 347 g/mol. The molecule has 6 nitrogen and oxygen atoms in total. The Morgan fingerprint density at radius 2 is 2.00 bits per heavy atom. The van der Waals surface area contributed by atoms with Gasteiger partial charge in [-0.05, 0) is 36.8 Å². The molecule has 3 rings (SSSR count). The fourth-order valence-corrected chi connectivity index (χ4v) is 3.42. The standard InChI is InChI=1S/C16H14FN3O3S/c1-10-6-7-11(8-12(10)17)18-16(21)9-15-19-13-4-2-3-5-14(13)24(22,23)20-15/h2-8H,9H2,1H3,(H,18,21)(H,19,20). The number of halogens is 1. The number of amides is 1. The summed E-state index contributed by atoms with van der Waals surface area (Å²) in [6.07, 6.45) is -0.275. The van der Waals surface area contributed by atoms with Gasteiger partial charge in [-0.2, -0.15) is 8.42 Å².